The second kappa shape index (κ2) is 4.04. The Morgan fingerprint density at radius 3 is 2.53 bits per heavy atom. The van der Waals surface area contributed by atoms with Crippen molar-refractivity contribution in [2.45, 2.75) is 0 Å². The van der Waals surface area contributed by atoms with Gasteiger partial charge in [-0.2, -0.15) is 0 Å². The van der Waals surface area contributed by atoms with Crippen LogP contribution < -0.4 is 10.1 Å². The first kappa shape index (κ1) is 9.58. The van der Waals surface area contributed by atoms with Gasteiger partial charge >= 0.3 is 0 Å². The van der Waals surface area contributed by atoms with Crippen LogP contribution in [0, 0.1) is 0 Å². The first-order chi connectivity index (χ1) is 7.33. The van der Waals surface area contributed by atoms with Gasteiger partial charge in [0.15, 0.2) is 5.76 Å². The Morgan fingerprint density at radius 1 is 1.27 bits per heavy atom. The Hall–Kier alpha value is -1.97. The molecule has 0 fully saturated rings. The summed E-state index contributed by atoms with van der Waals surface area (Å²) in [7, 11) is 3.41. The van der Waals surface area contributed by atoms with Gasteiger partial charge in [0, 0.05) is 12.6 Å². The lowest BCUT2D eigenvalue weighted by atomic mass is 10.2. The van der Waals surface area contributed by atoms with Crippen LogP contribution in [0.15, 0.2) is 34.9 Å². The average molecular weight is 204 g/mol. The van der Waals surface area contributed by atoms with Crippen LogP contribution in [-0.4, -0.2) is 19.1 Å². The summed E-state index contributed by atoms with van der Waals surface area (Å²) in [6.07, 6.45) is 1.69. The van der Waals surface area contributed by atoms with E-state index in [1.165, 1.54) is 0 Å². The van der Waals surface area contributed by atoms with E-state index in [1.807, 2.05) is 24.3 Å². The summed E-state index contributed by atoms with van der Waals surface area (Å²) in [4.78, 5) is 4.04. The molecule has 1 heterocycles. The monoisotopic (exact) mass is 204 g/mol. The topological polar surface area (TPSA) is 47.3 Å². The zero-order chi connectivity index (χ0) is 10.7. The summed E-state index contributed by atoms with van der Waals surface area (Å²) >= 11 is 0. The number of anilines is 1. The minimum Gasteiger partial charge on any atom is -0.497 e. The van der Waals surface area contributed by atoms with Crippen molar-refractivity contribution >= 4 is 6.01 Å². The quantitative estimate of drug-likeness (QED) is 0.833. The molecule has 4 nitrogen and oxygen atoms in total. The highest BCUT2D eigenvalue weighted by atomic mass is 16.5. The third kappa shape index (κ3) is 1.93. The summed E-state index contributed by atoms with van der Waals surface area (Å²) in [5.41, 5.74) is 0.977. The zero-order valence-electron chi connectivity index (χ0n) is 8.65. The molecule has 0 bridgehead atoms. The molecular formula is C11H12N2O2. The normalized spacial score (nSPS) is 10.0. The molecule has 0 saturated carbocycles. The number of aromatic nitrogens is 1. The fourth-order valence-corrected chi connectivity index (χ4v) is 1.28. The molecule has 0 radical (unpaired) electrons. The van der Waals surface area contributed by atoms with Gasteiger partial charge in [0.2, 0.25) is 0 Å². The molecule has 78 valence electrons. The Labute approximate surface area is 87.9 Å². The lowest BCUT2D eigenvalue weighted by molar-refractivity contribution is 0.415. The third-order valence-electron chi connectivity index (χ3n) is 2.09. The molecule has 4 heteroatoms. The van der Waals surface area contributed by atoms with Gasteiger partial charge in [-0.1, -0.05) is 0 Å². The molecule has 2 rings (SSSR count). The predicted octanol–water partition coefficient (Wildman–Crippen LogP) is 2.39. The van der Waals surface area contributed by atoms with Crippen molar-refractivity contribution in [2.24, 2.45) is 0 Å². The number of ether oxygens (including phenoxy) is 1. The van der Waals surface area contributed by atoms with Gasteiger partial charge in [0.1, 0.15) is 5.75 Å². The average Bonchev–Trinajstić information content (AvgIpc) is 2.78. The summed E-state index contributed by atoms with van der Waals surface area (Å²) in [6, 6.07) is 8.14. The largest absolute Gasteiger partial charge is 0.497 e. The zero-order valence-corrected chi connectivity index (χ0v) is 8.65. The van der Waals surface area contributed by atoms with Crippen molar-refractivity contribution in [1.82, 2.24) is 4.98 Å². The molecule has 0 aliphatic carbocycles. The van der Waals surface area contributed by atoms with Crippen molar-refractivity contribution in [2.75, 3.05) is 19.5 Å². The van der Waals surface area contributed by atoms with Crippen molar-refractivity contribution in [3.05, 3.63) is 30.5 Å². The van der Waals surface area contributed by atoms with Gasteiger partial charge < -0.3 is 14.5 Å². The van der Waals surface area contributed by atoms with Gasteiger partial charge in [-0.05, 0) is 24.3 Å². The van der Waals surface area contributed by atoms with Crippen LogP contribution >= 0.6 is 0 Å². The first-order valence-electron chi connectivity index (χ1n) is 4.61. The maximum atomic E-state index is 5.43. The Kier molecular flexibility index (Phi) is 2.58. The highest BCUT2D eigenvalue weighted by molar-refractivity contribution is 5.58. The van der Waals surface area contributed by atoms with E-state index < -0.39 is 0 Å². The van der Waals surface area contributed by atoms with E-state index in [0.717, 1.165) is 17.1 Å². The highest BCUT2D eigenvalue weighted by Crippen LogP contribution is 2.24. The Balaban J connectivity index is 2.28. The van der Waals surface area contributed by atoms with E-state index in [4.69, 9.17) is 9.15 Å². The predicted molar refractivity (Wildman–Crippen MR) is 58.0 cm³/mol. The molecular weight excluding hydrogens is 192 g/mol. The fourth-order valence-electron chi connectivity index (χ4n) is 1.28. The Bertz CT molecular complexity index is 434. The first-order valence-corrected chi connectivity index (χ1v) is 4.61. The number of nitrogens with zero attached hydrogens (tertiary/aromatic N) is 1. The van der Waals surface area contributed by atoms with E-state index in [0.29, 0.717) is 6.01 Å². The molecule has 0 aliphatic heterocycles. The molecule has 0 saturated heterocycles. The summed E-state index contributed by atoms with van der Waals surface area (Å²) in [5.74, 6) is 1.56. The number of nitrogens with one attached hydrogen (secondary N) is 1. The van der Waals surface area contributed by atoms with E-state index in [1.54, 1.807) is 20.4 Å². The molecule has 0 atom stereocenters. The van der Waals surface area contributed by atoms with Crippen LogP contribution in [-0.2, 0) is 0 Å². The summed E-state index contributed by atoms with van der Waals surface area (Å²) in [6.45, 7) is 0. The number of benzene rings is 1. The van der Waals surface area contributed by atoms with Crippen LogP contribution in [0.3, 0.4) is 0 Å². The van der Waals surface area contributed by atoms with Crippen LogP contribution in [0.4, 0.5) is 6.01 Å². The summed E-state index contributed by atoms with van der Waals surface area (Å²) < 4.78 is 10.5. The summed E-state index contributed by atoms with van der Waals surface area (Å²) in [5, 5.41) is 2.84. The Morgan fingerprint density at radius 2 is 2.00 bits per heavy atom. The van der Waals surface area contributed by atoms with Crippen molar-refractivity contribution < 1.29 is 9.15 Å². The maximum Gasteiger partial charge on any atom is 0.294 e. The molecule has 15 heavy (non-hydrogen) atoms. The van der Waals surface area contributed by atoms with Gasteiger partial charge in [-0.15, -0.1) is 0 Å². The standard InChI is InChI=1S/C11H12N2O2/c1-12-11-13-7-10(15-11)8-3-5-9(14-2)6-4-8/h3-7H,1-2H3,(H,12,13). The van der Waals surface area contributed by atoms with Crippen molar-refractivity contribution in [3.63, 3.8) is 0 Å². The van der Waals surface area contributed by atoms with Crippen LogP contribution in [0.25, 0.3) is 11.3 Å². The highest BCUT2D eigenvalue weighted by Gasteiger charge is 2.04. The SMILES string of the molecule is CNc1ncc(-c2ccc(OC)cc2)o1. The van der Waals surface area contributed by atoms with Crippen LogP contribution in [0.5, 0.6) is 5.75 Å². The maximum absolute atomic E-state index is 5.43. The van der Waals surface area contributed by atoms with E-state index >= 15 is 0 Å². The van der Waals surface area contributed by atoms with E-state index in [2.05, 4.69) is 10.3 Å². The molecule has 0 unspecified atom stereocenters. The van der Waals surface area contributed by atoms with E-state index in [9.17, 15) is 0 Å². The minimum atomic E-state index is 0.515. The van der Waals surface area contributed by atoms with Gasteiger partial charge in [0.05, 0.1) is 13.3 Å². The minimum absolute atomic E-state index is 0.515. The van der Waals surface area contributed by atoms with Crippen molar-refractivity contribution in [3.8, 4) is 17.1 Å². The third-order valence-corrected chi connectivity index (χ3v) is 2.09. The molecule has 1 N–H and O–H groups in total. The second-order valence-electron chi connectivity index (χ2n) is 3.01. The number of rotatable bonds is 3. The van der Waals surface area contributed by atoms with Gasteiger partial charge in [-0.25, -0.2) is 4.98 Å². The molecule has 1 aromatic carbocycles. The number of hydrogen-bond donors (Lipinski definition) is 1. The number of hydrogen-bond acceptors (Lipinski definition) is 4. The fraction of sp³-hybridized carbons (Fsp3) is 0.182. The second-order valence-corrected chi connectivity index (χ2v) is 3.01. The molecule has 0 amide bonds. The van der Waals surface area contributed by atoms with Gasteiger partial charge in [-0.3, -0.25) is 0 Å². The lowest BCUT2D eigenvalue weighted by Crippen LogP contribution is -1.85. The van der Waals surface area contributed by atoms with Crippen LogP contribution in [0.2, 0.25) is 0 Å². The smallest absolute Gasteiger partial charge is 0.294 e. The number of oxazole rings is 1. The molecule has 2 aromatic rings. The van der Waals surface area contributed by atoms with Crippen molar-refractivity contribution in [1.29, 1.82) is 0 Å². The molecule has 0 aliphatic rings. The van der Waals surface area contributed by atoms with E-state index in [-0.39, 0.29) is 0 Å². The van der Waals surface area contributed by atoms with Crippen LogP contribution in [0.1, 0.15) is 0 Å². The number of methoxy groups -OCH3 is 1. The lowest BCUT2D eigenvalue weighted by Gasteiger charge is -1.99. The van der Waals surface area contributed by atoms with Gasteiger partial charge in [0.25, 0.3) is 6.01 Å². The molecule has 1 aromatic heterocycles. The molecule has 0 spiro atoms.